The molecule has 0 saturated carbocycles. The zero-order valence-electron chi connectivity index (χ0n) is 14.2. The van der Waals surface area contributed by atoms with E-state index in [1.807, 2.05) is 37.3 Å². The number of benzene rings is 2. The molecule has 0 saturated heterocycles. The van der Waals surface area contributed by atoms with Gasteiger partial charge in [0.05, 0.1) is 16.6 Å². The van der Waals surface area contributed by atoms with Gasteiger partial charge in [0.15, 0.2) is 5.76 Å². The number of hydrogen-bond donors (Lipinski definition) is 1. The minimum absolute atomic E-state index is 0.0105. The number of alkyl halides is 3. The summed E-state index contributed by atoms with van der Waals surface area (Å²) in [5.41, 5.74) is 0.147. The number of furan rings is 1. The maximum atomic E-state index is 13.0. The summed E-state index contributed by atoms with van der Waals surface area (Å²) in [7, 11) is 0. The first-order valence-electron chi connectivity index (χ1n) is 8.08. The largest absolute Gasteiger partial charge is 0.451 e. The van der Waals surface area contributed by atoms with Crippen LogP contribution in [-0.2, 0) is 6.18 Å². The highest BCUT2D eigenvalue weighted by Crippen LogP contribution is 2.37. The van der Waals surface area contributed by atoms with E-state index in [1.165, 1.54) is 18.2 Å². The molecule has 7 heteroatoms. The lowest BCUT2D eigenvalue weighted by Gasteiger charge is -2.13. The summed E-state index contributed by atoms with van der Waals surface area (Å²) in [6.45, 7) is 1.83. The van der Waals surface area contributed by atoms with Crippen LogP contribution in [0.15, 0.2) is 65.1 Å². The van der Waals surface area contributed by atoms with E-state index in [9.17, 15) is 18.0 Å². The summed E-state index contributed by atoms with van der Waals surface area (Å²) in [5.74, 6) is -0.298. The third-order valence-corrected chi connectivity index (χ3v) is 4.36. The van der Waals surface area contributed by atoms with Gasteiger partial charge in [-0.15, -0.1) is 0 Å². The molecular weight excluding hydrogens is 379 g/mol. The van der Waals surface area contributed by atoms with Gasteiger partial charge in [-0.3, -0.25) is 4.79 Å². The van der Waals surface area contributed by atoms with Crippen molar-refractivity contribution < 1.29 is 22.4 Å². The van der Waals surface area contributed by atoms with Crippen LogP contribution in [0.2, 0.25) is 5.02 Å². The van der Waals surface area contributed by atoms with Gasteiger partial charge in [0.1, 0.15) is 5.76 Å². The van der Waals surface area contributed by atoms with Gasteiger partial charge < -0.3 is 9.73 Å². The highest BCUT2D eigenvalue weighted by Gasteiger charge is 2.33. The van der Waals surface area contributed by atoms with E-state index < -0.39 is 22.7 Å². The van der Waals surface area contributed by atoms with Crippen molar-refractivity contribution in [3.8, 4) is 11.3 Å². The van der Waals surface area contributed by atoms with E-state index in [0.29, 0.717) is 0 Å². The Bertz CT molecular complexity index is 951. The Balaban J connectivity index is 1.80. The molecule has 0 spiro atoms. The van der Waals surface area contributed by atoms with Crippen LogP contribution in [0.1, 0.15) is 34.6 Å². The van der Waals surface area contributed by atoms with Gasteiger partial charge in [0, 0.05) is 5.56 Å². The highest BCUT2D eigenvalue weighted by atomic mass is 35.5. The third kappa shape index (κ3) is 4.34. The molecule has 1 amide bonds. The normalized spacial score (nSPS) is 12.6. The number of carbonyl (C=O) groups is 1. The monoisotopic (exact) mass is 393 g/mol. The Hall–Kier alpha value is -2.73. The molecule has 0 aliphatic heterocycles. The average molecular weight is 394 g/mol. The third-order valence-electron chi connectivity index (χ3n) is 4.03. The van der Waals surface area contributed by atoms with Gasteiger partial charge in [-0.2, -0.15) is 13.2 Å². The maximum Gasteiger partial charge on any atom is 0.417 e. The number of rotatable bonds is 4. The molecule has 140 valence electrons. The number of carbonyl (C=O) groups excluding carboxylic acids is 1. The molecule has 0 aliphatic carbocycles. The topological polar surface area (TPSA) is 42.2 Å². The summed E-state index contributed by atoms with van der Waals surface area (Å²) in [6.07, 6.45) is -4.58. The molecule has 0 bridgehead atoms. The molecule has 0 radical (unpaired) electrons. The number of amides is 1. The first-order valence-corrected chi connectivity index (χ1v) is 8.46. The van der Waals surface area contributed by atoms with E-state index >= 15 is 0 Å². The zero-order chi connectivity index (χ0) is 19.6. The zero-order valence-corrected chi connectivity index (χ0v) is 14.9. The van der Waals surface area contributed by atoms with E-state index in [4.69, 9.17) is 16.0 Å². The molecule has 3 rings (SSSR count). The van der Waals surface area contributed by atoms with Crippen molar-refractivity contribution in [3.63, 3.8) is 0 Å². The van der Waals surface area contributed by atoms with Gasteiger partial charge in [0.25, 0.3) is 5.91 Å². The fourth-order valence-corrected chi connectivity index (χ4v) is 2.83. The molecule has 0 fully saturated rings. The van der Waals surface area contributed by atoms with Crippen molar-refractivity contribution in [2.75, 3.05) is 0 Å². The Morgan fingerprint density at radius 1 is 1.07 bits per heavy atom. The number of halogens is 4. The molecule has 0 aliphatic rings. The number of hydrogen-bond acceptors (Lipinski definition) is 2. The minimum Gasteiger partial charge on any atom is -0.451 e. The van der Waals surface area contributed by atoms with Crippen LogP contribution in [0.5, 0.6) is 0 Å². The van der Waals surface area contributed by atoms with Crippen molar-refractivity contribution in [1.29, 1.82) is 0 Å². The van der Waals surface area contributed by atoms with Crippen LogP contribution < -0.4 is 5.32 Å². The van der Waals surface area contributed by atoms with Crippen molar-refractivity contribution in [1.82, 2.24) is 5.32 Å². The van der Waals surface area contributed by atoms with Crippen LogP contribution in [0, 0.1) is 0 Å². The molecule has 2 aromatic carbocycles. The van der Waals surface area contributed by atoms with E-state index in [2.05, 4.69) is 5.32 Å². The standard InChI is InChI=1S/C20H15ClF3NO2/c1-12(13-5-3-2-4-6-13)25-19(26)18-10-9-17(27-18)14-7-8-16(21)15(11-14)20(22,23)24/h2-12H,1H3,(H,25,26). The molecule has 1 atom stereocenters. The highest BCUT2D eigenvalue weighted by molar-refractivity contribution is 6.31. The molecule has 1 N–H and O–H groups in total. The predicted molar refractivity (Wildman–Crippen MR) is 96.5 cm³/mol. The van der Waals surface area contributed by atoms with Crippen LogP contribution >= 0.6 is 11.6 Å². The Morgan fingerprint density at radius 2 is 1.78 bits per heavy atom. The molecule has 3 aromatic rings. The lowest BCUT2D eigenvalue weighted by molar-refractivity contribution is -0.137. The summed E-state index contributed by atoms with van der Waals surface area (Å²) in [5, 5.41) is 2.39. The van der Waals surface area contributed by atoms with Gasteiger partial charge in [0.2, 0.25) is 0 Å². The van der Waals surface area contributed by atoms with Crippen LogP contribution in [0.4, 0.5) is 13.2 Å². The number of nitrogens with one attached hydrogen (secondary N) is 1. The second-order valence-corrected chi connectivity index (χ2v) is 6.37. The Morgan fingerprint density at radius 3 is 2.44 bits per heavy atom. The molecule has 3 nitrogen and oxygen atoms in total. The van der Waals surface area contributed by atoms with Crippen molar-refractivity contribution in [3.05, 3.63) is 82.6 Å². The minimum atomic E-state index is -4.58. The van der Waals surface area contributed by atoms with Gasteiger partial charge in [-0.05, 0) is 42.8 Å². The van der Waals surface area contributed by atoms with Crippen molar-refractivity contribution in [2.45, 2.75) is 19.1 Å². The summed E-state index contributed by atoms with van der Waals surface area (Å²) in [4.78, 5) is 12.3. The Labute approximate surface area is 158 Å². The van der Waals surface area contributed by atoms with E-state index in [0.717, 1.165) is 17.7 Å². The molecule has 27 heavy (non-hydrogen) atoms. The van der Waals surface area contributed by atoms with Gasteiger partial charge >= 0.3 is 6.18 Å². The molecule has 1 unspecified atom stereocenters. The average Bonchev–Trinajstić information content (AvgIpc) is 3.12. The lowest BCUT2D eigenvalue weighted by atomic mass is 10.1. The van der Waals surface area contributed by atoms with Gasteiger partial charge in [-0.1, -0.05) is 41.9 Å². The summed E-state index contributed by atoms with van der Waals surface area (Å²) in [6, 6.07) is 15.4. The van der Waals surface area contributed by atoms with Crippen LogP contribution in [0.3, 0.4) is 0 Å². The van der Waals surface area contributed by atoms with E-state index in [1.54, 1.807) is 0 Å². The first-order chi connectivity index (χ1) is 12.8. The van der Waals surface area contributed by atoms with Crippen LogP contribution in [0.25, 0.3) is 11.3 Å². The molecule has 1 heterocycles. The van der Waals surface area contributed by atoms with Crippen molar-refractivity contribution in [2.24, 2.45) is 0 Å². The predicted octanol–water partition coefficient (Wildman–Crippen LogP) is 6.11. The second kappa shape index (κ2) is 7.48. The Kier molecular flexibility index (Phi) is 5.28. The molecule has 1 aromatic heterocycles. The van der Waals surface area contributed by atoms with Gasteiger partial charge in [-0.25, -0.2) is 0 Å². The fourth-order valence-electron chi connectivity index (χ4n) is 2.60. The first kappa shape index (κ1) is 19.0. The fraction of sp³-hybridized carbons (Fsp3) is 0.150. The second-order valence-electron chi connectivity index (χ2n) is 5.96. The lowest BCUT2D eigenvalue weighted by Crippen LogP contribution is -2.26. The van der Waals surface area contributed by atoms with Crippen molar-refractivity contribution >= 4 is 17.5 Å². The smallest absolute Gasteiger partial charge is 0.417 e. The van der Waals surface area contributed by atoms with Crippen LogP contribution in [-0.4, -0.2) is 5.91 Å². The summed E-state index contributed by atoms with van der Waals surface area (Å²) < 4.78 is 44.5. The summed E-state index contributed by atoms with van der Waals surface area (Å²) >= 11 is 5.62. The quantitative estimate of drug-likeness (QED) is 0.581. The van der Waals surface area contributed by atoms with E-state index in [-0.39, 0.29) is 23.1 Å². The molecular formula is C20H15ClF3NO2. The SMILES string of the molecule is CC(NC(=O)c1ccc(-c2ccc(Cl)c(C(F)(F)F)c2)o1)c1ccccc1. The maximum absolute atomic E-state index is 13.0.